The predicted molar refractivity (Wildman–Crippen MR) is 107 cm³/mol. The molecule has 1 fully saturated rings. The van der Waals surface area contributed by atoms with E-state index in [0.29, 0.717) is 19.6 Å². The van der Waals surface area contributed by atoms with Crippen molar-refractivity contribution in [3.63, 3.8) is 0 Å². The minimum atomic E-state index is -0.761. The minimum Gasteiger partial charge on any atom is -0.466 e. The summed E-state index contributed by atoms with van der Waals surface area (Å²) in [6.45, 7) is 13.8. The van der Waals surface area contributed by atoms with Gasteiger partial charge in [0.15, 0.2) is 0 Å². The standard InChI is InChI=1S/C22H33NO5/c1-8-17(19(24)26-9-2)15-10-12-16(13-11-15)18-14-27-22(6,7)23(18)20(25)28-21(3,4)5/h10-13,17-18H,8-9,14H2,1-7H3/t17?,18-/m1/s1. The number of rotatable bonds is 5. The highest BCUT2D eigenvalue weighted by molar-refractivity contribution is 5.78. The Hall–Kier alpha value is -2.08. The number of nitrogens with zero attached hydrogens (tertiary/aromatic N) is 1. The molecule has 1 saturated heterocycles. The van der Waals surface area contributed by atoms with Gasteiger partial charge in [0, 0.05) is 0 Å². The molecule has 6 heteroatoms. The second kappa shape index (κ2) is 8.52. The van der Waals surface area contributed by atoms with Crippen molar-refractivity contribution in [2.75, 3.05) is 13.2 Å². The lowest BCUT2D eigenvalue weighted by Crippen LogP contribution is -2.47. The first-order valence-electron chi connectivity index (χ1n) is 9.93. The Balaban J connectivity index is 2.25. The van der Waals surface area contributed by atoms with Crippen LogP contribution in [-0.4, -0.2) is 41.5 Å². The highest BCUT2D eigenvalue weighted by atomic mass is 16.6. The molecule has 0 N–H and O–H groups in total. The van der Waals surface area contributed by atoms with E-state index in [1.54, 1.807) is 11.8 Å². The summed E-state index contributed by atoms with van der Waals surface area (Å²) in [5, 5.41) is 0. The lowest BCUT2D eigenvalue weighted by molar-refractivity contribution is -0.145. The van der Waals surface area contributed by atoms with Crippen LogP contribution in [0, 0.1) is 0 Å². The Morgan fingerprint density at radius 3 is 2.32 bits per heavy atom. The number of ether oxygens (including phenoxy) is 3. The van der Waals surface area contributed by atoms with Crippen LogP contribution in [0.2, 0.25) is 0 Å². The Morgan fingerprint density at radius 1 is 1.21 bits per heavy atom. The number of amides is 1. The average molecular weight is 392 g/mol. The van der Waals surface area contributed by atoms with E-state index < -0.39 is 17.4 Å². The zero-order chi connectivity index (χ0) is 21.1. The summed E-state index contributed by atoms with van der Waals surface area (Å²) in [4.78, 5) is 26.6. The Morgan fingerprint density at radius 2 is 1.82 bits per heavy atom. The fourth-order valence-corrected chi connectivity index (χ4v) is 3.44. The molecule has 1 amide bonds. The van der Waals surface area contributed by atoms with Gasteiger partial charge in [-0.05, 0) is 59.1 Å². The zero-order valence-electron chi connectivity index (χ0n) is 18.1. The summed E-state index contributed by atoms with van der Waals surface area (Å²) in [6.07, 6.45) is 0.268. The first-order chi connectivity index (χ1) is 13.0. The molecular weight excluding hydrogens is 358 g/mol. The van der Waals surface area contributed by atoms with E-state index in [1.807, 2.05) is 65.8 Å². The zero-order valence-corrected chi connectivity index (χ0v) is 18.1. The second-order valence-corrected chi connectivity index (χ2v) is 8.50. The normalized spacial score (nSPS) is 20.0. The smallest absolute Gasteiger partial charge is 0.413 e. The number of hydrogen-bond donors (Lipinski definition) is 0. The number of benzene rings is 1. The summed E-state index contributed by atoms with van der Waals surface area (Å²) in [5.41, 5.74) is 0.506. The first-order valence-corrected chi connectivity index (χ1v) is 9.93. The van der Waals surface area contributed by atoms with Crippen LogP contribution in [-0.2, 0) is 19.0 Å². The average Bonchev–Trinajstić information content (AvgIpc) is 2.90. The Labute approximate surface area is 168 Å². The van der Waals surface area contributed by atoms with Gasteiger partial charge in [-0.1, -0.05) is 31.2 Å². The van der Waals surface area contributed by atoms with E-state index in [1.165, 1.54) is 0 Å². The van der Waals surface area contributed by atoms with Gasteiger partial charge in [-0.15, -0.1) is 0 Å². The van der Waals surface area contributed by atoms with Crippen molar-refractivity contribution in [2.45, 2.75) is 78.2 Å². The molecule has 0 saturated carbocycles. The summed E-state index contributed by atoms with van der Waals surface area (Å²) in [7, 11) is 0. The molecule has 0 aromatic heterocycles. The van der Waals surface area contributed by atoms with Gasteiger partial charge in [0.25, 0.3) is 0 Å². The molecule has 28 heavy (non-hydrogen) atoms. The Kier molecular flexibility index (Phi) is 6.75. The number of carbonyl (C=O) groups excluding carboxylic acids is 2. The molecule has 1 heterocycles. The van der Waals surface area contributed by atoms with Gasteiger partial charge in [-0.25, -0.2) is 4.79 Å². The highest BCUT2D eigenvalue weighted by Gasteiger charge is 2.46. The van der Waals surface area contributed by atoms with Gasteiger partial charge < -0.3 is 14.2 Å². The third-order valence-corrected chi connectivity index (χ3v) is 4.78. The summed E-state index contributed by atoms with van der Waals surface area (Å²) >= 11 is 0. The monoisotopic (exact) mass is 391 g/mol. The minimum absolute atomic E-state index is 0.210. The largest absolute Gasteiger partial charge is 0.466 e. The van der Waals surface area contributed by atoms with Crippen LogP contribution < -0.4 is 0 Å². The third-order valence-electron chi connectivity index (χ3n) is 4.78. The number of hydrogen-bond acceptors (Lipinski definition) is 5. The molecule has 0 radical (unpaired) electrons. The highest BCUT2D eigenvalue weighted by Crippen LogP contribution is 2.38. The lowest BCUT2D eigenvalue weighted by atomic mass is 9.94. The molecule has 0 bridgehead atoms. The molecule has 156 valence electrons. The molecule has 0 spiro atoms. The fourth-order valence-electron chi connectivity index (χ4n) is 3.44. The maximum absolute atomic E-state index is 12.8. The molecule has 1 aromatic carbocycles. The van der Waals surface area contributed by atoms with Gasteiger partial charge in [0.1, 0.15) is 11.3 Å². The summed E-state index contributed by atoms with van der Waals surface area (Å²) in [5.74, 6) is -0.495. The predicted octanol–water partition coefficient (Wildman–Crippen LogP) is 4.79. The topological polar surface area (TPSA) is 65.1 Å². The van der Waals surface area contributed by atoms with Crippen LogP contribution in [0.5, 0.6) is 0 Å². The maximum Gasteiger partial charge on any atom is 0.413 e. The van der Waals surface area contributed by atoms with Gasteiger partial charge in [0.2, 0.25) is 0 Å². The maximum atomic E-state index is 12.8. The van der Waals surface area contributed by atoms with Gasteiger partial charge in [-0.3, -0.25) is 9.69 Å². The lowest BCUT2D eigenvalue weighted by Gasteiger charge is -2.35. The van der Waals surface area contributed by atoms with Crippen molar-refractivity contribution < 1.29 is 23.8 Å². The SMILES string of the molecule is CCOC(=O)C(CC)c1ccc([C@H]2COC(C)(C)N2C(=O)OC(C)(C)C)cc1. The molecule has 6 nitrogen and oxygen atoms in total. The van der Waals surface area contributed by atoms with E-state index >= 15 is 0 Å². The molecule has 1 aliphatic rings. The van der Waals surface area contributed by atoms with Crippen molar-refractivity contribution in [1.82, 2.24) is 4.90 Å². The van der Waals surface area contributed by atoms with Gasteiger partial charge >= 0.3 is 12.1 Å². The van der Waals surface area contributed by atoms with Gasteiger partial charge in [-0.2, -0.15) is 0 Å². The van der Waals surface area contributed by atoms with Crippen molar-refractivity contribution >= 4 is 12.1 Å². The molecule has 1 aliphatic heterocycles. The van der Waals surface area contributed by atoms with Crippen LogP contribution in [0.1, 0.15) is 78.0 Å². The number of carbonyl (C=O) groups is 2. The fraction of sp³-hybridized carbons (Fsp3) is 0.636. The quantitative estimate of drug-likeness (QED) is 0.675. The van der Waals surface area contributed by atoms with E-state index in [-0.39, 0.29) is 17.9 Å². The van der Waals surface area contributed by atoms with Crippen molar-refractivity contribution in [3.05, 3.63) is 35.4 Å². The molecule has 2 rings (SSSR count). The van der Waals surface area contributed by atoms with Crippen molar-refractivity contribution in [1.29, 1.82) is 0 Å². The van der Waals surface area contributed by atoms with Crippen LogP contribution in [0.4, 0.5) is 4.79 Å². The molecular formula is C22H33NO5. The van der Waals surface area contributed by atoms with Crippen LogP contribution >= 0.6 is 0 Å². The van der Waals surface area contributed by atoms with Crippen LogP contribution in [0.25, 0.3) is 0 Å². The van der Waals surface area contributed by atoms with E-state index in [0.717, 1.165) is 11.1 Å². The molecule has 0 aliphatic carbocycles. The molecule has 1 unspecified atom stereocenters. The molecule has 1 aromatic rings. The third kappa shape index (κ3) is 5.04. The summed E-state index contributed by atoms with van der Waals surface area (Å²) < 4.78 is 16.6. The molecule has 2 atom stereocenters. The van der Waals surface area contributed by atoms with Crippen LogP contribution in [0.3, 0.4) is 0 Å². The van der Waals surface area contributed by atoms with Gasteiger partial charge in [0.05, 0.1) is 25.2 Å². The first kappa shape index (κ1) is 22.2. The van der Waals surface area contributed by atoms with Crippen LogP contribution in [0.15, 0.2) is 24.3 Å². The number of esters is 1. The van der Waals surface area contributed by atoms with E-state index in [9.17, 15) is 9.59 Å². The summed E-state index contributed by atoms with van der Waals surface area (Å²) in [6, 6.07) is 7.51. The van der Waals surface area contributed by atoms with Crippen molar-refractivity contribution in [3.8, 4) is 0 Å². The second-order valence-electron chi connectivity index (χ2n) is 8.50. The Bertz CT molecular complexity index is 690. The van der Waals surface area contributed by atoms with E-state index in [2.05, 4.69) is 0 Å². The van der Waals surface area contributed by atoms with Crippen molar-refractivity contribution in [2.24, 2.45) is 0 Å². The van der Waals surface area contributed by atoms with E-state index in [4.69, 9.17) is 14.2 Å².